The summed E-state index contributed by atoms with van der Waals surface area (Å²) in [5, 5.41) is 0.905. The zero-order chi connectivity index (χ0) is 11.3. The van der Waals surface area contributed by atoms with Gasteiger partial charge in [0, 0.05) is 17.8 Å². The first-order valence-corrected chi connectivity index (χ1v) is 4.83. The number of esters is 1. The minimum absolute atomic E-state index is 0.365. The number of fused-ring (bicyclic) bond motifs is 1. The van der Waals surface area contributed by atoms with Crippen molar-refractivity contribution in [1.29, 1.82) is 0 Å². The molecule has 0 unspecified atom stereocenters. The molecule has 4 nitrogen and oxygen atoms in total. The average molecular weight is 206 g/mol. The van der Waals surface area contributed by atoms with Crippen LogP contribution >= 0.6 is 0 Å². The standard InChI is InChI=1S/C9H8N2O2.C2H6/c1-13-9(12)7-4-6-2-3-10-8(6)11-5-7;1-2/h2-5H,1H3,(H,10,11);1-2H3. The Hall–Kier alpha value is -1.84. The molecule has 0 aliphatic carbocycles. The van der Waals surface area contributed by atoms with Crippen molar-refractivity contribution in [3.8, 4) is 0 Å². The van der Waals surface area contributed by atoms with E-state index in [9.17, 15) is 4.79 Å². The number of nitrogens with zero attached hydrogens (tertiary/aromatic N) is 1. The van der Waals surface area contributed by atoms with Crippen LogP contribution in [0.4, 0.5) is 0 Å². The average Bonchev–Trinajstić information content (AvgIpc) is 2.77. The topological polar surface area (TPSA) is 55.0 Å². The van der Waals surface area contributed by atoms with E-state index < -0.39 is 0 Å². The van der Waals surface area contributed by atoms with Crippen molar-refractivity contribution in [3.63, 3.8) is 0 Å². The van der Waals surface area contributed by atoms with Crippen LogP contribution in [0.2, 0.25) is 0 Å². The molecule has 2 rings (SSSR count). The van der Waals surface area contributed by atoms with Gasteiger partial charge in [0.15, 0.2) is 0 Å². The van der Waals surface area contributed by atoms with Crippen LogP contribution in [-0.2, 0) is 4.74 Å². The monoisotopic (exact) mass is 206 g/mol. The molecule has 4 heteroatoms. The minimum Gasteiger partial charge on any atom is -0.465 e. The van der Waals surface area contributed by atoms with Crippen molar-refractivity contribution >= 4 is 17.0 Å². The summed E-state index contributed by atoms with van der Waals surface area (Å²) in [6.07, 6.45) is 3.27. The second-order valence-electron chi connectivity index (χ2n) is 2.63. The molecule has 0 amide bonds. The SMILES string of the molecule is CC.COC(=O)c1cnc2[nH]ccc2c1. The highest BCUT2D eigenvalue weighted by Gasteiger charge is 2.06. The number of carbonyl (C=O) groups is 1. The number of H-pyrrole nitrogens is 1. The van der Waals surface area contributed by atoms with Crippen LogP contribution in [0.1, 0.15) is 24.2 Å². The fraction of sp³-hybridized carbons (Fsp3) is 0.273. The zero-order valence-electron chi connectivity index (χ0n) is 9.07. The Morgan fingerprint density at radius 3 is 2.87 bits per heavy atom. The normalized spacial score (nSPS) is 9.27. The van der Waals surface area contributed by atoms with Gasteiger partial charge in [0.2, 0.25) is 0 Å². The van der Waals surface area contributed by atoms with Gasteiger partial charge >= 0.3 is 5.97 Å². The summed E-state index contributed by atoms with van der Waals surface area (Å²) in [6, 6.07) is 3.60. The molecule has 0 atom stereocenters. The van der Waals surface area contributed by atoms with Crippen LogP contribution in [-0.4, -0.2) is 23.0 Å². The lowest BCUT2D eigenvalue weighted by Gasteiger charge is -1.97. The first-order chi connectivity index (χ1) is 7.31. The van der Waals surface area contributed by atoms with E-state index in [1.807, 2.05) is 19.9 Å². The largest absolute Gasteiger partial charge is 0.465 e. The Morgan fingerprint density at radius 2 is 2.20 bits per heavy atom. The van der Waals surface area contributed by atoms with Crippen molar-refractivity contribution in [3.05, 3.63) is 30.1 Å². The Bertz CT molecular complexity index is 449. The van der Waals surface area contributed by atoms with Crippen molar-refractivity contribution in [2.45, 2.75) is 13.8 Å². The number of nitrogens with one attached hydrogen (secondary N) is 1. The Balaban J connectivity index is 0.000000531. The highest BCUT2D eigenvalue weighted by Crippen LogP contribution is 2.11. The van der Waals surface area contributed by atoms with E-state index in [0.29, 0.717) is 5.56 Å². The van der Waals surface area contributed by atoms with E-state index in [-0.39, 0.29) is 5.97 Å². The highest BCUT2D eigenvalue weighted by molar-refractivity contribution is 5.92. The smallest absolute Gasteiger partial charge is 0.339 e. The van der Waals surface area contributed by atoms with E-state index in [1.54, 1.807) is 12.3 Å². The molecule has 80 valence electrons. The number of hydrogen-bond donors (Lipinski definition) is 1. The van der Waals surface area contributed by atoms with Crippen molar-refractivity contribution < 1.29 is 9.53 Å². The summed E-state index contributed by atoms with van der Waals surface area (Å²) in [4.78, 5) is 18.1. The van der Waals surface area contributed by atoms with Gasteiger partial charge in [-0.3, -0.25) is 0 Å². The molecule has 0 saturated carbocycles. The predicted octanol–water partition coefficient (Wildman–Crippen LogP) is 2.38. The highest BCUT2D eigenvalue weighted by atomic mass is 16.5. The summed E-state index contributed by atoms with van der Waals surface area (Å²) in [6.45, 7) is 4.00. The van der Waals surface area contributed by atoms with E-state index >= 15 is 0 Å². The van der Waals surface area contributed by atoms with Gasteiger partial charge in [-0.1, -0.05) is 13.8 Å². The van der Waals surface area contributed by atoms with Gasteiger partial charge in [-0.15, -0.1) is 0 Å². The maximum absolute atomic E-state index is 11.1. The maximum atomic E-state index is 11.1. The fourth-order valence-electron chi connectivity index (χ4n) is 1.17. The summed E-state index contributed by atoms with van der Waals surface area (Å²) in [5.41, 5.74) is 1.24. The molecular weight excluding hydrogens is 192 g/mol. The molecule has 0 aliphatic heterocycles. The molecule has 0 spiro atoms. The predicted molar refractivity (Wildman–Crippen MR) is 58.8 cm³/mol. The molecule has 0 fully saturated rings. The van der Waals surface area contributed by atoms with Crippen LogP contribution in [0.3, 0.4) is 0 Å². The minimum atomic E-state index is -0.365. The molecule has 2 heterocycles. The van der Waals surface area contributed by atoms with Gasteiger partial charge in [-0.05, 0) is 12.1 Å². The Labute approximate surface area is 88.3 Å². The van der Waals surface area contributed by atoms with E-state index in [1.165, 1.54) is 13.3 Å². The molecule has 0 saturated heterocycles. The van der Waals surface area contributed by atoms with E-state index in [2.05, 4.69) is 14.7 Å². The number of aromatic nitrogens is 2. The number of rotatable bonds is 1. The number of methoxy groups -OCH3 is 1. The van der Waals surface area contributed by atoms with Gasteiger partial charge in [0.05, 0.1) is 12.7 Å². The summed E-state index contributed by atoms with van der Waals surface area (Å²) < 4.78 is 4.57. The lowest BCUT2D eigenvalue weighted by Crippen LogP contribution is -2.01. The zero-order valence-corrected chi connectivity index (χ0v) is 9.07. The lowest BCUT2D eigenvalue weighted by atomic mass is 10.2. The van der Waals surface area contributed by atoms with Crippen LogP contribution < -0.4 is 0 Å². The summed E-state index contributed by atoms with van der Waals surface area (Å²) in [7, 11) is 1.35. The van der Waals surface area contributed by atoms with Gasteiger partial charge in [0.1, 0.15) is 5.65 Å². The van der Waals surface area contributed by atoms with Crippen LogP contribution in [0.25, 0.3) is 11.0 Å². The summed E-state index contributed by atoms with van der Waals surface area (Å²) in [5.74, 6) is -0.365. The van der Waals surface area contributed by atoms with Crippen LogP contribution in [0.15, 0.2) is 24.5 Å². The molecule has 0 aliphatic rings. The van der Waals surface area contributed by atoms with E-state index in [0.717, 1.165) is 11.0 Å². The molecule has 1 N–H and O–H groups in total. The second kappa shape index (κ2) is 5.14. The third-order valence-corrected chi connectivity index (χ3v) is 1.82. The van der Waals surface area contributed by atoms with Gasteiger partial charge in [0.25, 0.3) is 0 Å². The first-order valence-electron chi connectivity index (χ1n) is 4.83. The van der Waals surface area contributed by atoms with Gasteiger partial charge < -0.3 is 9.72 Å². The van der Waals surface area contributed by atoms with Crippen LogP contribution in [0.5, 0.6) is 0 Å². The molecule has 0 aromatic carbocycles. The third kappa shape index (κ3) is 2.34. The van der Waals surface area contributed by atoms with Gasteiger partial charge in [-0.2, -0.15) is 0 Å². The molecule has 0 bridgehead atoms. The molecule has 0 radical (unpaired) electrons. The number of pyridine rings is 1. The molecule has 2 aromatic rings. The number of hydrogen-bond acceptors (Lipinski definition) is 3. The molecular formula is C11H14N2O2. The number of aromatic amines is 1. The number of ether oxygens (including phenoxy) is 1. The van der Waals surface area contributed by atoms with Gasteiger partial charge in [-0.25, -0.2) is 9.78 Å². The molecule has 2 aromatic heterocycles. The third-order valence-electron chi connectivity index (χ3n) is 1.82. The summed E-state index contributed by atoms with van der Waals surface area (Å²) >= 11 is 0. The van der Waals surface area contributed by atoms with E-state index in [4.69, 9.17) is 0 Å². The molecule has 15 heavy (non-hydrogen) atoms. The Morgan fingerprint density at radius 1 is 1.47 bits per heavy atom. The van der Waals surface area contributed by atoms with Crippen molar-refractivity contribution in [2.24, 2.45) is 0 Å². The Kier molecular flexibility index (Phi) is 3.85. The quantitative estimate of drug-likeness (QED) is 0.729. The first kappa shape index (κ1) is 11.2. The maximum Gasteiger partial charge on any atom is 0.339 e. The van der Waals surface area contributed by atoms with Crippen LogP contribution in [0, 0.1) is 0 Å². The van der Waals surface area contributed by atoms with Crippen molar-refractivity contribution in [1.82, 2.24) is 9.97 Å². The second-order valence-corrected chi connectivity index (χ2v) is 2.63. The van der Waals surface area contributed by atoms with Crippen molar-refractivity contribution in [2.75, 3.05) is 7.11 Å². The number of carbonyl (C=O) groups excluding carboxylic acids is 1. The lowest BCUT2D eigenvalue weighted by molar-refractivity contribution is 0.0600. The fourth-order valence-corrected chi connectivity index (χ4v) is 1.17.